The van der Waals surface area contributed by atoms with Crippen LogP contribution in [0, 0.1) is 0 Å². The number of para-hydroxylation sites is 1. The van der Waals surface area contributed by atoms with Crippen LogP contribution in [0.4, 0.5) is 13.2 Å². The molecular formula is C21H16ClF3N2O5S2. The molecule has 0 fully saturated rings. The second-order valence-corrected chi connectivity index (χ2v) is 10.5. The zero-order chi connectivity index (χ0) is 25.0. The van der Waals surface area contributed by atoms with Gasteiger partial charge in [0.2, 0.25) is 0 Å². The molecule has 3 aromatic carbocycles. The van der Waals surface area contributed by atoms with E-state index >= 15 is 0 Å². The molecule has 3 aromatic rings. The predicted molar refractivity (Wildman–Crippen MR) is 118 cm³/mol. The minimum Gasteiger partial charge on any atom is -0.379 e. The van der Waals surface area contributed by atoms with Crippen LogP contribution in [0.25, 0.3) is 0 Å². The van der Waals surface area contributed by atoms with Gasteiger partial charge in [-0.3, -0.25) is 0 Å². The van der Waals surface area contributed by atoms with Crippen molar-refractivity contribution in [1.29, 1.82) is 0 Å². The molecule has 3 rings (SSSR count). The third kappa shape index (κ3) is 7.02. The van der Waals surface area contributed by atoms with Crippen molar-refractivity contribution in [3.63, 3.8) is 0 Å². The van der Waals surface area contributed by atoms with E-state index in [1.54, 1.807) is 24.3 Å². The molecular weight excluding hydrogens is 517 g/mol. The fraction of sp³-hybridized carbons (Fsp3) is 0.143. The maximum Gasteiger partial charge on any atom is 0.416 e. The first-order valence-electron chi connectivity index (χ1n) is 9.41. The number of hydrogen-bond acceptors (Lipinski definition) is 6. The summed E-state index contributed by atoms with van der Waals surface area (Å²) in [6.07, 6.45) is -4.62. The van der Waals surface area contributed by atoms with E-state index in [-0.39, 0.29) is 17.9 Å². The Morgan fingerprint density at radius 3 is 2.21 bits per heavy atom. The molecule has 0 aliphatic heterocycles. The Morgan fingerprint density at radius 1 is 0.882 bits per heavy atom. The molecule has 0 atom stereocenters. The number of hydrogen-bond donors (Lipinski definition) is 0. The molecule has 0 unspecified atom stereocenters. The van der Waals surface area contributed by atoms with Crippen LogP contribution in [0.15, 0.2) is 87.3 Å². The molecule has 7 nitrogen and oxygen atoms in total. The lowest BCUT2D eigenvalue weighted by Crippen LogP contribution is -2.12. The molecule has 0 N–H and O–H groups in total. The summed E-state index contributed by atoms with van der Waals surface area (Å²) >= 11 is 5.84. The van der Waals surface area contributed by atoms with Crippen molar-refractivity contribution >= 4 is 31.7 Å². The Labute approximate surface area is 199 Å². The van der Waals surface area contributed by atoms with Crippen molar-refractivity contribution in [2.24, 2.45) is 9.63 Å². The van der Waals surface area contributed by atoms with Crippen LogP contribution < -0.4 is 4.18 Å². The summed E-state index contributed by atoms with van der Waals surface area (Å²) in [5, 5.41) is 4.00. The van der Waals surface area contributed by atoms with Crippen molar-refractivity contribution in [3.05, 3.63) is 94.5 Å². The van der Waals surface area contributed by atoms with Gasteiger partial charge < -0.3 is 4.18 Å². The number of rotatable bonds is 8. The second-order valence-electron chi connectivity index (χ2n) is 6.90. The fourth-order valence-electron chi connectivity index (χ4n) is 2.75. The molecule has 0 radical (unpaired) electrons. The monoisotopic (exact) mass is 532 g/mol. The summed E-state index contributed by atoms with van der Waals surface area (Å²) in [5.74, 6) is -0.606. The number of benzene rings is 3. The van der Waals surface area contributed by atoms with Gasteiger partial charge in [0.15, 0.2) is 0 Å². The predicted octanol–water partition coefficient (Wildman–Crippen LogP) is 5.61. The molecule has 0 aromatic heterocycles. The molecule has 0 saturated carbocycles. The van der Waals surface area contributed by atoms with Crippen LogP contribution in [0.1, 0.15) is 16.7 Å². The minimum atomic E-state index is -4.62. The third-order valence-electron chi connectivity index (χ3n) is 4.30. The van der Waals surface area contributed by atoms with E-state index in [9.17, 15) is 30.0 Å². The van der Waals surface area contributed by atoms with Gasteiger partial charge in [-0.05, 0) is 48.0 Å². The Kier molecular flexibility index (Phi) is 7.64. The van der Waals surface area contributed by atoms with E-state index in [4.69, 9.17) is 15.8 Å². The van der Waals surface area contributed by atoms with Gasteiger partial charge in [0.25, 0.3) is 10.0 Å². The minimum absolute atomic E-state index is 0.173. The lowest BCUT2D eigenvalue weighted by atomic mass is 10.2. The van der Waals surface area contributed by atoms with Crippen LogP contribution in [0.3, 0.4) is 0 Å². The highest BCUT2D eigenvalue weighted by molar-refractivity contribution is 7.89. The number of alkyl halides is 3. The number of sulfonamides is 1. The van der Waals surface area contributed by atoms with E-state index in [2.05, 4.69) is 9.63 Å². The fourth-order valence-corrected chi connectivity index (χ4v) is 4.82. The zero-order valence-electron chi connectivity index (χ0n) is 17.1. The van der Waals surface area contributed by atoms with Crippen LogP contribution in [0.5, 0.6) is 5.75 Å². The van der Waals surface area contributed by atoms with E-state index in [0.29, 0.717) is 22.7 Å². The quantitative estimate of drug-likeness (QED) is 0.277. The first-order valence-corrected chi connectivity index (χ1v) is 12.8. The molecule has 180 valence electrons. The average molecular weight is 533 g/mol. The van der Waals surface area contributed by atoms with E-state index in [1.807, 2.05) is 0 Å². The highest BCUT2D eigenvalue weighted by atomic mass is 35.5. The summed E-state index contributed by atoms with van der Waals surface area (Å²) in [4.78, 5) is -0.485. The maximum absolute atomic E-state index is 12.7. The summed E-state index contributed by atoms with van der Waals surface area (Å²) in [5.41, 5.74) is -0.399. The molecule has 0 spiro atoms. The van der Waals surface area contributed by atoms with E-state index in [1.165, 1.54) is 24.3 Å². The molecule has 0 aliphatic rings. The SMILES string of the molecule is O=S(=O)(Cc1cccc(Cl)c1)N=NCc1ccccc1OS(=O)(=O)c1ccc(C(F)(F)F)cc1. The lowest BCUT2D eigenvalue weighted by Gasteiger charge is -2.11. The Hall–Kier alpha value is -2.96. The highest BCUT2D eigenvalue weighted by Crippen LogP contribution is 2.30. The zero-order valence-corrected chi connectivity index (χ0v) is 19.5. The van der Waals surface area contributed by atoms with Gasteiger partial charge in [0.1, 0.15) is 10.6 Å². The maximum atomic E-state index is 12.7. The topological polar surface area (TPSA) is 102 Å². The molecule has 0 heterocycles. The molecule has 0 bridgehead atoms. The Morgan fingerprint density at radius 2 is 1.56 bits per heavy atom. The van der Waals surface area contributed by atoms with Crippen molar-refractivity contribution in [2.45, 2.75) is 23.4 Å². The summed E-state index contributed by atoms with van der Waals surface area (Å²) in [6, 6.07) is 14.8. The van der Waals surface area contributed by atoms with Gasteiger partial charge in [0.05, 0.1) is 17.9 Å². The van der Waals surface area contributed by atoms with Gasteiger partial charge in [-0.1, -0.05) is 46.5 Å². The van der Waals surface area contributed by atoms with E-state index in [0.717, 1.165) is 12.1 Å². The molecule has 0 aliphatic carbocycles. The van der Waals surface area contributed by atoms with Crippen molar-refractivity contribution < 1.29 is 34.2 Å². The smallest absolute Gasteiger partial charge is 0.379 e. The lowest BCUT2D eigenvalue weighted by molar-refractivity contribution is -0.137. The van der Waals surface area contributed by atoms with Crippen molar-refractivity contribution in [1.82, 2.24) is 0 Å². The van der Waals surface area contributed by atoms with Crippen molar-refractivity contribution in [3.8, 4) is 5.75 Å². The summed E-state index contributed by atoms with van der Waals surface area (Å²) < 4.78 is 95.9. The molecule has 13 heteroatoms. The van der Waals surface area contributed by atoms with Crippen LogP contribution in [0.2, 0.25) is 5.02 Å². The largest absolute Gasteiger partial charge is 0.416 e. The third-order valence-corrected chi connectivity index (χ3v) is 6.85. The van der Waals surface area contributed by atoms with Gasteiger partial charge in [-0.2, -0.15) is 26.7 Å². The Bertz CT molecular complexity index is 1410. The number of nitrogens with zero attached hydrogens (tertiary/aromatic N) is 2. The molecule has 0 saturated heterocycles. The first kappa shape index (κ1) is 25.7. The van der Waals surface area contributed by atoms with Gasteiger partial charge in [0, 0.05) is 10.6 Å². The first-order chi connectivity index (χ1) is 15.9. The van der Waals surface area contributed by atoms with Crippen LogP contribution >= 0.6 is 11.6 Å². The number of halogens is 4. The van der Waals surface area contributed by atoms with Crippen LogP contribution in [-0.4, -0.2) is 16.8 Å². The Balaban J connectivity index is 1.74. The van der Waals surface area contributed by atoms with Crippen LogP contribution in [-0.2, 0) is 38.6 Å². The average Bonchev–Trinajstić information content (AvgIpc) is 2.74. The van der Waals surface area contributed by atoms with Gasteiger partial charge in [-0.25, -0.2) is 8.42 Å². The molecule has 34 heavy (non-hydrogen) atoms. The standard InChI is InChI=1S/C21H16ClF3N2O5S2/c22-18-6-3-4-15(12-18)14-33(28,29)27-26-13-16-5-1-2-7-20(16)32-34(30,31)19-10-8-17(9-11-19)21(23,24)25/h1-12H,13-14H2. The highest BCUT2D eigenvalue weighted by Gasteiger charge is 2.31. The van der Waals surface area contributed by atoms with E-state index < -0.39 is 42.5 Å². The molecule has 0 amide bonds. The van der Waals surface area contributed by atoms with Gasteiger partial charge in [-0.15, -0.1) is 0 Å². The van der Waals surface area contributed by atoms with Gasteiger partial charge >= 0.3 is 16.3 Å². The second kappa shape index (κ2) is 10.1. The summed E-state index contributed by atoms with van der Waals surface area (Å²) in [7, 11) is -8.45. The van der Waals surface area contributed by atoms with Crippen molar-refractivity contribution in [2.75, 3.05) is 0 Å². The normalized spacial score (nSPS) is 12.7. The summed E-state index contributed by atoms with van der Waals surface area (Å²) in [6.45, 7) is -0.326.